The minimum absolute atomic E-state index is 0.241. The van der Waals surface area contributed by atoms with Crippen LogP contribution in [0.25, 0.3) is 0 Å². The number of carbonyl (C=O) groups is 1. The zero-order chi connectivity index (χ0) is 16.1. The number of piperidine rings is 1. The highest BCUT2D eigenvalue weighted by Crippen LogP contribution is 2.23. The lowest BCUT2D eigenvalue weighted by Gasteiger charge is -2.27. The number of hydrogen-bond donors (Lipinski definition) is 0. The Morgan fingerprint density at radius 3 is 2.59 bits per heavy atom. The van der Waals surface area contributed by atoms with Crippen molar-refractivity contribution < 1.29 is 9.53 Å². The molecule has 4 nitrogen and oxygen atoms in total. The lowest BCUT2D eigenvalue weighted by molar-refractivity contribution is 0.0522. The van der Waals surface area contributed by atoms with E-state index in [2.05, 4.69) is 29.8 Å². The van der Waals surface area contributed by atoms with E-state index in [9.17, 15) is 4.79 Å². The second-order valence-corrected chi connectivity index (χ2v) is 6.38. The summed E-state index contributed by atoms with van der Waals surface area (Å²) in [6.45, 7) is 11.5. The first kappa shape index (κ1) is 16.9. The number of aryl methyl sites for hydroxylation is 1. The number of hydrogen-bond acceptors (Lipinski definition) is 4. The van der Waals surface area contributed by atoms with E-state index in [4.69, 9.17) is 4.74 Å². The molecule has 0 bridgehead atoms. The van der Waals surface area contributed by atoms with Crippen LogP contribution in [0, 0.1) is 6.92 Å². The quantitative estimate of drug-likeness (QED) is 0.778. The molecule has 2 heterocycles. The van der Waals surface area contributed by atoms with Gasteiger partial charge < -0.3 is 4.74 Å². The molecule has 0 aliphatic carbocycles. The maximum Gasteiger partial charge on any atom is 0.340 e. The van der Waals surface area contributed by atoms with Crippen molar-refractivity contribution in [1.29, 1.82) is 0 Å². The molecule has 1 aliphatic heterocycles. The van der Waals surface area contributed by atoms with E-state index in [0.29, 0.717) is 18.1 Å². The van der Waals surface area contributed by atoms with Crippen LogP contribution in [0.3, 0.4) is 0 Å². The smallest absolute Gasteiger partial charge is 0.340 e. The summed E-state index contributed by atoms with van der Waals surface area (Å²) in [5, 5.41) is 0. The van der Waals surface area contributed by atoms with Crippen molar-refractivity contribution in [2.75, 3.05) is 19.7 Å². The van der Waals surface area contributed by atoms with Gasteiger partial charge in [-0.15, -0.1) is 0 Å². The molecule has 0 radical (unpaired) electrons. The average molecular weight is 304 g/mol. The topological polar surface area (TPSA) is 42.4 Å². The number of carbonyl (C=O) groups excluding carboxylic acids is 1. The highest BCUT2D eigenvalue weighted by atomic mass is 16.5. The summed E-state index contributed by atoms with van der Waals surface area (Å²) >= 11 is 0. The Morgan fingerprint density at radius 2 is 2.00 bits per heavy atom. The summed E-state index contributed by atoms with van der Waals surface area (Å²) in [6.07, 6.45) is 3.81. The van der Waals surface area contributed by atoms with Crippen LogP contribution in [0.2, 0.25) is 0 Å². The first-order chi connectivity index (χ1) is 10.5. The maximum absolute atomic E-state index is 12.3. The van der Waals surface area contributed by atoms with E-state index >= 15 is 0 Å². The van der Waals surface area contributed by atoms with E-state index in [1.807, 2.05) is 13.8 Å². The molecule has 1 aliphatic rings. The Kier molecular flexibility index (Phi) is 5.95. The minimum atomic E-state index is -0.241. The molecule has 122 valence electrons. The number of nitrogens with zero attached hydrogens (tertiary/aromatic N) is 2. The van der Waals surface area contributed by atoms with E-state index < -0.39 is 0 Å². The van der Waals surface area contributed by atoms with Gasteiger partial charge in [0.2, 0.25) is 0 Å². The second kappa shape index (κ2) is 7.73. The van der Waals surface area contributed by atoms with Crippen LogP contribution < -0.4 is 0 Å². The monoisotopic (exact) mass is 304 g/mol. The SMILES string of the molecule is CCOC(=O)c1c(CN2CCCCC2)cc(C(C)C)nc1C. The van der Waals surface area contributed by atoms with E-state index in [-0.39, 0.29) is 5.97 Å². The third-order valence-corrected chi connectivity index (χ3v) is 4.22. The fourth-order valence-electron chi connectivity index (χ4n) is 3.03. The van der Waals surface area contributed by atoms with Gasteiger partial charge in [-0.25, -0.2) is 4.79 Å². The van der Waals surface area contributed by atoms with Crippen molar-refractivity contribution in [3.05, 3.63) is 28.6 Å². The van der Waals surface area contributed by atoms with Crippen molar-refractivity contribution >= 4 is 5.97 Å². The normalized spacial score (nSPS) is 16.0. The Hall–Kier alpha value is -1.42. The third-order valence-electron chi connectivity index (χ3n) is 4.22. The van der Waals surface area contributed by atoms with Crippen LogP contribution in [0.4, 0.5) is 0 Å². The first-order valence-corrected chi connectivity index (χ1v) is 8.42. The standard InChI is InChI=1S/C18H28N2O2/c1-5-22-18(21)17-14(4)19-16(13(2)3)11-15(17)12-20-9-7-6-8-10-20/h11,13H,5-10,12H2,1-4H3. The molecule has 22 heavy (non-hydrogen) atoms. The van der Waals surface area contributed by atoms with Crippen LogP contribution in [0.1, 0.15) is 73.3 Å². The third kappa shape index (κ3) is 4.07. The molecule has 2 rings (SSSR count). The van der Waals surface area contributed by atoms with Crippen molar-refractivity contribution in [3.8, 4) is 0 Å². The fourth-order valence-corrected chi connectivity index (χ4v) is 3.03. The van der Waals surface area contributed by atoms with E-state index in [0.717, 1.165) is 36.6 Å². The molecule has 1 aromatic rings. The number of ether oxygens (including phenoxy) is 1. The van der Waals surface area contributed by atoms with Crippen LogP contribution >= 0.6 is 0 Å². The number of likely N-dealkylation sites (tertiary alicyclic amines) is 1. The van der Waals surface area contributed by atoms with Crippen LogP contribution in [-0.4, -0.2) is 35.5 Å². The summed E-state index contributed by atoms with van der Waals surface area (Å²) in [4.78, 5) is 19.4. The molecule has 1 fully saturated rings. The van der Waals surface area contributed by atoms with Gasteiger partial charge in [0.15, 0.2) is 0 Å². The van der Waals surface area contributed by atoms with Gasteiger partial charge in [0, 0.05) is 12.2 Å². The second-order valence-electron chi connectivity index (χ2n) is 6.38. The molecule has 0 saturated carbocycles. The van der Waals surface area contributed by atoms with Crippen molar-refractivity contribution in [2.24, 2.45) is 0 Å². The zero-order valence-corrected chi connectivity index (χ0v) is 14.3. The molecular formula is C18H28N2O2. The lowest BCUT2D eigenvalue weighted by atomic mass is 10.00. The van der Waals surface area contributed by atoms with Crippen molar-refractivity contribution in [3.63, 3.8) is 0 Å². The highest BCUT2D eigenvalue weighted by molar-refractivity contribution is 5.92. The minimum Gasteiger partial charge on any atom is -0.462 e. The Labute approximate surface area is 133 Å². The average Bonchev–Trinajstić information content (AvgIpc) is 2.48. The summed E-state index contributed by atoms with van der Waals surface area (Å²) in [5.74, 6) is 0.116. The summed E-state index contributed by atoms with van der Waals surface area (Å²) in [5.41, 5.74) is 3.57. The van der Waals surface area contributed by atoms with E-state index in [1.54, 1.807) is 0 Å². The predicted octanol–water partition coefficient (Wildman–Crippen LogP) is 3.68. The predicted molar refractivity (Wildman–Crippen MR) is 88.1 cm³/mol. The summed E-state index contributed by atoms with van der Waals surface area (Å²) in [7, 11) is 0. The Morgan fingerprint density at radius 1 is 1.32 bits per heavy atom. The molecule has 1 aromatic heterocycles. The van der Waals surface area contributed by atoms with Gasteiger partial charge in [0.25, 0.3) is 0 Å². The Bertz CT molecular complexity index is 520. The number of esters is 1. The summed E-state index contributed by atoms with van der Waals surface area (Å²) in [6, 6.07) is 2.10. The molecule has 0 N–H and O–H groups in total. The zero-order valence-electron chi connectivity index (χ0n) is 14.3. The molecular weight excluding hydrogens is 276 g/mol. The largest absolute Gasteiger partial charge is 0.462 e. The molecule has 0 unspecified atom stereocenters. The van der Waals surface area contributed by atoms with Gasteiger partial charge in [-0.05, 0) is 57.3 Å². The highest BCUT2D eigenvalue weighted by Gasteiger charge is 2.21. The Balaban J connectivity index is 2.34. The van der Waals surface area contributed by atoms with Gasteiger partial charge in [-0.3, -0.25) is 9.88 Å². The fraction of sp³-hybridized carbons (Fsp3) is 0.667. The molecule has 0 spiro atoms. The summed E-state index contributed by atoms with van der Waals surface area (Å²) < 4.78 is 5.24. The van der Waals surface area contributed by atoms with Crippen LogP contribution in [0.15, 0.2) is 6.07 Å². The van der Waals surface area contributed by atoms with Gasteiger partial charge in [-0.2, -0.15) is 0 Å². The molecule has 0 atom stereocenters. The van der Waals surface area contributed by atoms with Crippen molar-refractivity contribution in [2.45, 2.75) is 59.4 Å². The van der Waals surface area contributed by atoms with E-state index in [1.165, 1.54) is 19.3 Å². The van der Waals surface area contributed by atoms with Gasteiger partial charge in [-0.1, -0.05) is 20.3 Å². The van der Waals surface area contributed by atoms with Crippen molar-refractivity contribution in [1.82, 2.24) is 9.88 Å². The number of rotatable bonds is 5. The molecule has 4 heteroatoms. The lowest BCUT2D eigenvalue weighted by Crippen LogP contribution is -2.30. The van der Waals surface area contributed by atoms with Gasteiger partial charge in [0.05, 0.1) is 17.9 Å². The first-order valence-electron chi connectivity index (χ1n) is 8.42. The maximum atomic E-state index is 12.3. The van der Waals surface area contributed by atoms with Gasteiger partial charge >= 0.3 is 5.97 Å². The van der Waals surface area contributed by atoms with Gasteiger partial charge in [0.1, 0.15) is 0 Å². The number of pyridine rings is 1. The molecule has 1 saturated heterocycles. The van der Waals surface area contributed by atoms with Crippen LogP contribution in [0.5, 0.6) is 0 Å². The number of aromatic nitrogens is 1. The van der Waals surface area contributed by atoms with Crippen LogP contribution in [-0.2, 0) is 11.3 Å². The molecule has 0 aromatic carbocycles. The molecule has 0 amide bonds.